The molecular formula is C18H16ClFN2O2. The van der Waals surface area contributed by atoms with Crippen molar-refractivity contribution in [2.75, 3.05) is 11.4 Å². The Morgan fingerprint density at radius 2 is 1.83 bits per heavy atom. The number of hydrogen-bond donors (Lipinski definition) is 1. The van der Waals surface area contributed by atoms with Crippen LogP contribution in [0.3, 0.4) is 0 Å². The lowest BCUT2D eigenvalue weighted by atomic mass is 10.1. The van der Waals surface area contributed by atoms with Crippen molar-refractivity contribution in [1.29, 1.82) is 0 Å². The standard InChI is InChI=1S/C18H16ClFN2O2/c19-13-3-1-12(2-4-13)11-21-17(23)16-9-10-22(18(16)24)15-7-5-14(20)6-8-15/h1-8,16H,9-11H2,(H,21,23). The quantitative estimate of drug-likeness (QED) is 0.865. The van der Waals surface area contributed by atoms with Crippen molar-refractivity contribution in [3.8, 4) is 0 Å². The molecule has 0 spiro atoms. The zero-order valence-corrected chi connectivity index (χ0v) is 13.6. The molecule has 1 atom stereocenters. The summed E-state index contributed by atoms with van der Waals surface area (Å²) in [7, 11) is 0. The lowest BCUT2D eigenvalue weighted by Gasteiger charge is -2.16. The molecule has 1 aliphatic heterocycles. The molecule has 0 saturated carbocycles. The monoisotopic (exact) mass is 346 g/mol. The third-order valence-corrected chi connectivity index (χ3v) is 4.29. The molecule has 1 N–H and O–H groups in total. The molecule has 2 aromatic carbocycles. The van der Waals surface area contributed by atoms with Gasteiger partial charge in [0.1, 0.15) is 11.7 Å². The summed E-state index contributed by atoms with van der Waals surface area (Å²) in [6.45, 7) is 0.791. The summed E-state index contributed by atoms with van der Waals surface area (Å²) >= 11 is 5.82. The van der Waals surface area contributed by atoms with E-state index in [2.05, 4.69) is 5.32 Å². The van der Waals surface area contributed by atoms with Crippen molar-refractivity contribution >= 4 is 29.1 Å². The molecule has 0 radical (unpaired) electrons. The number of amides is 2. The highest BCUT2D eigenvalue weighted by molar-refractivity contribution is 6.30. The van der Waals surface area contributed by atoms with Crippen LogP contribution in [0, 0.1) is 11.7 Å². The second-order valence-corrected chi connectivity index (χ2v) is 6.09. The molecule has 0 aromatic heterocycles. The van der Waals surface area contributed by atoms with Crippen LogP contribution in [0.4, 0.5) is 10.1 Å². The lowest BCUT2D eigenvalue weighted by molar-refractivity contribution is -0.132. The normalized spacial score (nSPS) is 17.2. The fraction of sp³-hybridized carbons (Fsp3) is 0.222. The van der Waals surface area contributed by atoms with E-state index in [0.29, 0.717) is 30.2 Å². The Morgan fingerprint density at radius 1 is 1.17 bits per heavy atom. The molecule has 2 aromatic rings. The van der Waals surface area contributed by atoms with Crippen LogP contribution in [0.1, 0.15) is 12.0 Å². The largest absolute Gasteiger partial charge is 0.351 e. The molecule has 6 heteroatoms. The molecule has 0 bridgehead atoms. The van der Waals surface area contributed by atoms with E-state index in [1.54, 1.807) is 24.3 Å². The van der Waals surface area contributed by atoms with E-state index in [9.17, 15) is 14.0 Å². The summed E-state index contributed by atoms with van der Waals surface area (Å²) in [6, 6.07) is 12.8. The maximum absolute atomic E-state index is 13.0. The van der Waals surface area contributed by atoms with Gasteiger partial charge in [-0.25, -0.2) is 4.39 Å². The van der Waals surface area contributed by atoms with Crippen molar-refractivity contribution in [2.24, 2.45) is 5.92 Å². The van der Waals surface area contributed by atoms with Crippen molar-refractivity contribution in [1.82, 2.24) is 5.32 Å². The van der Waals surface area contributed by atoms with Gasteiger partial charge in [0, 0.05) is 23.8 Å². The van der Waals surface area contributed by atoms with E-state index in [0.717, 1.165) is 5.56 Å². The zero-order valence-electron chi connectivity index (χ0n) is 12.8. The summed E-state index contributed by atoms with van der Waals surface area (Å²) in [6.07, 6.45) is 0.447. The second-order valence-electron chi connectivity index (χ2n) is 5.65. The molecule has 1 heterocycles. The van der Waals surface area contributed by atoms with Crippen LogP contribution < -0.4 is 10.2 Å². The fourth-order valence-corrected chi connectivity index (χ4v) is 2.84. The molecule has 3 rings (SSSR count). The zero-order chi connectivity index (χ0) is 17.1. The van der Waals surface area contributed by atoms with Crippen LogP contribution in [-0.4, -0.2) is 18.4 Å². The Kier molecular flexibility index (Phi) is 4.81. The summed E-state index contributed by atoms with van der Waals surface area (Å²) in [5.41, 5.74) is 1.52. The topological polar surface area (TPSA) is 49.4 Å². The van der Waals surface area contributed by atoms with Gasteiger partial charge in [0.25, 0.3) is 0 Å². The smallest absolute Gasteiger partial charge is 0.239 e. The molecule has 124 valence electrons. The number of rotatable bonds is 4. The molecule has 2 amide bonds. The molecular weight excluding hydrogens is 331 g/mol. The van der Waals surface area contributed by atoms with E-state index < -0.39 is 5.92 Å². The minimum absolute atomic E-state index is 0.254. The molecule has 1 saturated heterocycles. The van der Waals surface area contributed by atoms with Crippen molar-refractivity contribution in [3.05, 3.63) is 64.9 Å². The Bertz CT molecular complexity index is 747. The Morgan fingerprint density at radius 3 is 2.50 bits per heavy atom. The maximum Gasteiger partial charge on any atom is 0.239 e. The van der Waals surface area contributed by atoms with Gasteiger partial charge >= 0.3 is 0 Å². The first-order valence-electron chi connectivity index (χ1n) is 7.64. The van der Waals surface area contributed by atoms with Gasteiger partial charge in [0.05, 0.1) is 0 Å². The van der Waals surface area contributed by atoms with Crippen molar-refractivity contribution in [2.45, 2.75) is 13.0 Å². The van der Waals surface area contributed by atoms with Gasteiger partial charge in [-0.3, -0.25) is 9.59 Å². The number of nitrogens with one attached hydrogen (secondary N) is 1. The molecule has 1 fully saturated rings. The van der Waals surface area contributed by atoms with Gasteiger partial charge in [-0.2, -0.15) is 0 Å². The average Bonchev–Trinajstić information content (AvgIpc) is 2.96. The number of nitrogens with zero attached hydrogens (tertiary/aromatic N) is 1. The predicted molar refractivity (Wildman–Crippen MR) is 90.2 cm³/mol. The highest BCUT2D eigenvalue weighted by Crippen LogP contribution is 2.25. The van der Waals surface area contributed by atoms with E-state index in [4.69, 9.17) is 11.6 Å². The van der Waals surface area contributed by atoms with Gasteiger partial charge in [0.2, 0.25) is 11.8 Å². The highest BCUT2D eigenvalue weighted by atomic mass is 35.5. The van der Waals surface area contributed by atoms with Crippen LogP contribution >= 0.6 is 11.6 Å². The molecule has 24 heavy (non-hydrogen) atoms. The summed E-state index contributed by atoms with van der Waals surface area (Å²) in [4.78, 5) is 26.2. The minimum Gasteiger partial charge on any atom is -0.351 e. The Hall–Kier alpha value is -2.40. The molecule has 4 nitrogen and oxygen atoms in total. The second kappa shape index (κ2) is 7.01. The van der Waals surface area contributed by atoms with Gasteiger partial charge in [0.15, 0.2) is 0 Å². The first-order valence-corrected chi connectivity index (χ1v) is 8.01. The lowest BCUT2D eigenvalue weighted by Crippen LogP contribution is -2.36. The molecule has 1 unspecified atom stereocenters. The van der Waals surface area contributed by atoms with Crippen LogP contribution in [0.25, 0.3) is 0 Å². The number of hydrogen-bond acceptors (Lipinski definition) is 2. The van der Waals surface area contributed by atoms with Crippen molar-refractivity contribution < 1.29 is 14.0 Å². The van der Waals surface area contributed by atoms with Crippen LogP contribution in [-0.2, 0) is 16.1 Å². The maximum atomic E-state index is 13.0. The van der Waals surface area contributed by atoms with Crippen molar-refractivity contribution in [3.63, 3.8) is 0 Å². The number of benzene rings is 2. The number of carbonyl (C=O) groups excluding carboxylic acids is 2. The Labute approximate surface area is 144 Å². The molecule has 0 aliphatic carbocycles. The summed E-state index contributed by atoms with van der Waals surface area (Å²) in [5.74, 6) is -1.61. The van der Waals surface area contributed by atoms with Gasteiger partial charge in [-0.1, -0.05) is 23.7 Å². The number of anilines is 1. The summed E-state index contributed by atoms with van der Waals surface area (Å²) < 4.78 is 13.0. The number of carbonyl (C=O) groups is 2. The van der Waals surface area contributed by atoms with Crippen LogP contribution in [0.15, 0.2) is 48.5 Å². The highest BCUT2D eigenvalue weighted by Gasteiger charge is 2.37. The fourth-order valence-electron chi connectivity index (χ4n) is 2.72. The van der Waals surface area contributed by atoms with Crippen LogP contribution in [0.5, 0.6) is 0 Å². The van der Waals surface area contributed by atoms with E-state index in [1.807, 2.05) is 12.1 Å². The predicted octanol–water partition coefficient (Wildman–Crippen LogP) is 3.15. The molecule has 1 aliphatic rings. The first-order chi connectivity index (χ1) is 11.5. The Balaban J connectivity index is 1.61. The van der Waals surface area contributed by atoms with E-state index in [-0.39, 0.29) is 17.6 Å². The number of halogens is 2. The van der Waals surface area contributed by atoms with Crippen LogP contribution in [0.2, 0.25) is 5.02 Å². The third-order valence-electron chi connectivity index (χ3n) is 4.04. The third kappa shape index (κ3) is 3.57. The SMILES string of the molecule is O=C(NCc1ccc(Cl)cc1)C1CCN(c2ccc(F)cc2)C1=O. The van der Waals surface area contributed by atoms with Gasteiger partial charge in [-0.15, -0.1) is 0 Å². The summed E-state index contributed by atoms with van der Waals surface area (Å²) in [5, 5.41) is 3.41. The van der Waals surface area contributed by atoms with E-state index in [1.165, 1.54) is 17.0 Å². The first kappa shape index (κ1) is 16.5. The average molecular weight is 347 g/mol. The minimum atomic E-state index is -0.706. The van der Waals surface area contributed by atoms with E-state index >= 15 is 0 Å². The van der Waals surface area contributed by atoms with Gasteiger partial charge in [-0.05, 0) is 48.4 Å². The van der Waals surface area contributed by atoms with Gasteiger partial charge < -0.3 is 10.2 Å².